The zero-order valence-electron chi connectivity index (χ0n) is 7.60. The molecule has 2 N–H and O–H groups in total. The van der Waals surface area contributed by atoms with Gasteiger partial charge in [-0.3, -0.25) is 14.4 Å². The number of carboxylic acid groups (broad SMARTS) is 1. The molecule has 0 spiro atoms. The number of fused-ring (bicyclic) bond motifs is 2. The van der Waals surface area contributed by atoms with Gasteiger partial charge in [0.15, 0.2) is 0 Å². The van der Waals surface area contributed by atoms with Gasteiger partial charge in [-0.05, 0) is 19.3 Å². The smallest absolute Gasteiger partial charge is 0.327 e. The maximum absolute atomic E-state index is 11.2. The summed E-state index contributed by atoms with van der Waals surface area (Å²) in [5, 5.41) is 8.81. The molecule has 2 unspecified atom stereocenters. The zero-order chi connectivity index (χ0) is 11.6. The van der Waals surface area contributed by atoms with Crippen molar-refractivity contribution in [2.24, 2.45) is 11.3 Å². The van der Waals surface area contributed by atoms with Crippen LogP contribution in [0.15, 0.2) is 0 Å². The van der Waals surface area contributed by atoms with E-state index in [1.807, 2.05) is 0 Å². The predicted molar refractivity (Wildman–Crippen MR) is 39.6 cm³/mol. The van der Waals surface area contributed by atoms with E-state index in [9.17, 15) is 14.4 Å². The van der Waals surface area contributed by atoms with Crippen molar-refractivity contribution in [2.75, 3.05) is 0 Å². The number of halogens is 1. The zero-order valence-corrected chi connectivity index (χ0v) is 8.36. The largest absolute Gasteiger partial charge is 0.506 e. The molecule has 2 saturated carbocycles. The molecule has 7 heteroatoms. The molecule has 15 heavy (non-hydrogen) atoms. The van der Waals surface area contributed by atoms with Crippen LogP contribution in [0.3, 0.4) is 0 Å². The van der Waals surface area contributed by atoms with Crippen molar-refractivity contribution in [3.8, 4) is 0 Å². The van der Waals surface area contributed by atoms with Crippen LogP contribution in [0, 0.1) is 22.7 Å². The van der Waals surface area contributed by atoms with Gasteiger partial charge in [-0.15, -0.1) is 4.66 Å². The molecule has 2 rings (SSSR count). The number of hydrogen-bond acceptors (Lipinski definition) is 5. The predicted octanol–water partition coefficient (Wildman–Crippen LogP) is -1.74. The van der Waals surface area contributed by atoms with Gasteiger partial charge in [0, 0.05) is 5.92 Å². The molecule has 84 valence electrons. The number of rotatable bonds is 1. The minimum atomic E-state index is -1.33. The van der Waals surface area contributed by atoms with Crippen LogP contribution >= 0.6 is 0 Å². The van der Waals surface area contributed by atoms with E-state index in [0.29, 0.717) is 12.8 Å². The van der Waals surface area contributed by atoms with Gasteiger partial charge in [-0.2, -0.15) is 0 Å². The molecule has 0 aromatic carbocycles. The number of carboxylic acids is 1. The Kier molecular flexibility index (Phi) is 3.43. The molecular weight excluding hydrogens is 228 g/mol. The highest BCUT2D eigenvalue weighted by atomic mass is 35.6. The molecule has 0 amide bonds. The summed E-state index contributed by atoms with van der Waals surface area (Å²) in [5.41, 5.74) is -1.33. The molecule has 2 bridgehead atoms. The maximum Gasteiger partial charge on any atom is 0.327 e. The molecule has 2 atom stereocenters. The molecule has 0 aliphatic heterocycles. The van der Waals surface area contributed by atoms with E-state index in [-0.39, 0.29) is 23.7 Å². The standard InChI is InChI=1S/C8H8O4.ClHO2/c9-5-4-1-2-8(3-4,6(5)10)7(11)12;2-1-3/h4H,1-3H2,(H,11,12);2H. The first-order valence-electron chi connectivity index (χ1n) is 4.22. The minimum absolute atomic E-state index is 0.167. The van der Waals surface area contributed by atoms with Crippen molar-refractivity contribution >= 4 is 17.5 Å². The average Bonchev–Trinajstić information content (AvgIpc) is 2.69. The lowest BCUT2D eigenvalue weighted by molar-refractivity contribution is -1.27. The lowest BCUT2D eigenvalue weighted by Gasteiger charge is -2.17. The number of aliphatic carboxylic acids is 1. The molecule has 2 aliphatic carbocycles. The van der Waals surface area contributed by atoms with Gasteiger partial charge in [0.05, 0.1) is 0 Å². The van der Waals surface area contributed by atoms with Crippen LogP contribution in [0.1, 0.15) is 19.3 Å². The van der Waals surface area contributed by atoms with Gasteiger partial charge >= 0.3 is 17.3 Å². The van der Waals surface area contributed by atoms with Gasteiger partial charge in [0.2, 0.25) is 11.6 Å². The molecule has 0 radical (unpaired) electrons. The maximum atomic E-state index is 11.2. The van der Waals surface area contributed by atoms with E-state index in [2.05, 4.69) is 0 Å². The van der Waals surface area contributed by atoms with E-state index in [1.54, 1.807) is 0 Å². The highest BCUT2D eigenvalue weighted by Gasteiger charge is 2.62. The molecule has 0 aromatic rings. The first kappa shape index (κ1) is 12.1. The molecule has 0 heterocycles. The van der Waals surface area contributed by atoms with Gasteiger partial charge in [0.1, 0.15) is 5.41 Å². The lowest BCUT2D eigenvalue weighted by atomic mass is 9.83. The highest BCUT2D eigenvalue weighted by molar-refractivity contribution is 6.46. The van der Waals surface area contributed by atoms with Crippen LogP contribution in [0.25, 0.3) is 0 Å². The Labute approximate surface area is 89.0 Å². The van der Waals surface area contributed by atoms with Crippen LogP contribution in [-0.4, -0.2) is 27.3 Å². The monoisotopic (exact) mass is 236 g/mol. The summed E-state index contributed by atoms with van der Waals surface area (Å²) in [7, 11) is 0. The van der Waals surface area contributed by atoms with Crippen molar-refractivity contribution in [3.05, 3.63) is 0 Å². The average molecular weight is 237 g/mol. The topological polar surface area (TPSA) is 115 Å². The summed E-state index contributed by atoms with van der Waals surface area (Å²) < 4.78 is 15.2. The third kappa shape index (κ3) is 1.75. The first-order valence-corrected chi connectivity index (χ1v) is 4.87. The Balaban J connectivity index is 0.000000337. The second-order valence-corrected chi connectivity index (χ2v) is 3.73. The van der Waals surface area contributed by atoms with Crippen LogP contribution in [0.2, 0.25) is 0 Å². The third-order valence-corrected chi connectivity index (χ3v) is 2.95. The summed E-state index contributed by atoms with van der Waals surface area (Å²) in [6.07, 6.45) is 1.15. The van der Waals surface area contributed by atoms with Gasteiger partial charge in [-0.1, -0.05) is 0 Å². The Morgan fingerprint density at radius 1 is 1.53 bits per heavy atom. The Bertz CT molecular complexity index is 314. The van der Waals surface area contributed by atoms with Crippen molar-refractivity contribution in [2.45, 2.75) is 19.3 Å². The SMILES string of the molecule is O=C1C(=O)C2(C(=O)O)CCC1C2.[O-][Cl+]O. The van der Waals surface area contributed by atoms with Crippen molar-refractivity contribution in [3.63, 3.8) is 0 Å². The minimum Gasteiger partial charge on any atom is -0.506 e. The highest BCUT2D eigenvalue weighted by Crippen LogP contribution is 2.49. The first-order chi connectivity index (χ1) is 6.99. The lowest BCUT2D eigenvalue weighted by Crippen LogP contribution is -2.38. The van der Waals surface area contributed by atoms with Gasteiger partial charge in [0.25, 0.3) is 0 Å². The van der Waals surface area contributed by atoms with Crippen LogP contribution in [0.5, 0.6) is 0 Å². The van der Waals surface area contributed by atoms with Crippen LogP contribution in [0.4, 0.5) is 0 Å². The van der Waals surface area contributed by atoms with Crippen molar-refractivity contribution in [1.82, 2.24) is 0 Å². The Hall–Kier alpha value is -0.980. The van der Waals surface area contributed by atoms with Crippen molar-refractivity contribution < 1.29 is 40.1 Å². The van der Waals surface area contributed by atoms with Gasteiger partial charge in [-0.25, -0.2) is 0 Å². The molecular formula is C8H9ClO6. The number of carbonyl (C=O) groups is 3. The van der Waals surface area contributed by atoms with E-state index in [4.69, 9.17) is 14.4 Å². The van der Waals surface area contributed by atoms with Crippen molar-refractivity contribution in [1.29, 1.82) is 0 Å². The molecule has 0 aromatic heterocycles. The summed E-state index contributed by atoms with van der Waals surface area (Å²) in [4.78, 5) is 33.0. The number of Topliss-reactive ketones (excluding diaryl/α,β-unsaturated/α-hetero) is 2. The molecule has 6 nitrogen and oxygen atoms in total. The van der Waals surface area contributed by atoms with Crippen LogP contribution in [-0.2, 0) is 14.4 Å². The van der Waals surface area contributed by atoms with E-state index in [1.165, 1.54) is 0 Å². The second-order valence-electron chi connectivity index (χ2n) is 3.59. The van der Waals surface area contributed by atoms with Crippen LogP contribution < -0.4 is 4.66 Å². The Morgan fingerprint density at radius 3 is 2.33 bits per heavy atom. The summed E-state index contributed by atoms with van der Waals surface area (Å²) in [6, 6.07) is 0. The summed E-state index contributed by atoms with van der Waals surface area (Å²) in [5.74, 6) is -2.57. The quantitative estimate of drug-likeness (QED) is 0.413. The molecule has 2 fully saturated rings. The number of carbonyl (C=O) groups excluding carboxylic acids is 2. The van der Waals surface area contributed by atoms with E-state index < -0.39 is 23.0 Å². The molecule has 2 aliphatic rings. The summed E-state index contributed by atoms with van der Waals surface area (Å²) in [6.45, 7) is 0. The fraction of sp³-hybridized carbons (Fsp3) is 0.625. The fourth-order valence-corrected chi connectivity index (χ4v) is 2.19. The number of hydrogen-bond donors (Lipinski definition) is 2. The third-order valence-electron chi connectivity index (χ3n) is 2.95. The molecule has 0 saturated heterocycles. The Morgan fingerprint density at radius 2 is 2.07 bits per heavy atom. The van der Waals surface area contributed by atoms with Gasteiger partial charge < -0.3 is 9.77 Å². The summed E-state index contributed by atoms with van der Waals surface area (Å²) >= 11 is -0.167. The van der Waals surface area contributed by atoms with E-state index >= 15 is 0 Å². The number of ketones is 2. The fourth-order valence-electron chi connectivity index (χ4n) is 2.19. The van der Waals surface area contributed by atoms with E-state index in [0.717, 1.165) is 0 Å². The normalized spacial score (nSPS) is 32.5. The second kappa shape index (κ2) is 4.26.